The molecule has 0 bridgehead atoms. The molecule has 2 aliphatic carbocycles. The number of hydrogen-bond donors (Lipinski definition) is 0. The summed E-state index contributed by atoms with van der Waals surface area (Å²) in [6.45, 7) is 11.7. The van der Waals surface area contributed by atoms with Crippen LogP contribution in [0.3, 0.4) is 0 Å². The maximum atomic E-state index is 12.4. The summed E-state index contributed by atoms with van der Waals surface area (Å²) >= 11 is 0. The van der Waals surface area contributed by atoms with E-state index in [9.17, 15) is 4.79 Å². The molecule has 0 N–H and O–H groups in total. The Morgan fingerprint density at radius 1 is 1.00 bits per heavy atom. The van der Waals surface area contributed by atoms with Crippen LogP contribution in [0.2, 0.25) is 0 Å². The Bertz CT molecular complexity index is 707. The number of esters is 1. The third kappa shape index (κ3) is 3.41. The monoisotopic (exact) mass is 340 g/mol. The van der Waals surface area contributed by atoms with Crippen molar-refractivity contribution in [1.82, 2.24) is 0 Å². The zero-order chi connectivity index (χ0) is 18.2. The van der Waals surface area contributed by atoms with Gasteiger partial charge in [0.1, 0.15) is 0 Å². The average Bonchev–Trinajstić information content (AvgIpc) is 2.59. The largest absolute Gasteiger partial charge is 0.463 e. The van der Waals surface area contributed by atoms with Gasteiger partial charge >= 0.3 is 5.97 Å². The van der Waals surface area contributed by atoms with Crippen LogP contribution in [-0.4, -0.2) is 12.6 Å². The molecule has 0 aromatic heterocycles. The van der Waals surface area contributed by atoms with E-state index in [1.54, 1.807) is 0 Å². The van der Waals surface area contributed by atoms with Crippen molar-refractivity contribution in [3.8, 4) is 0 Å². The summed E-state index contributed by atoms with van der Waals surface area (Å²) < 4.78 is 5.32. The molecule has 136 valence electrons. The number of benzene rings is 1. The molecule has 1 aromatic carbocycles. The van der Waals surface area contributed by atoms with Gasteiger partial charge in [-0.25, -0.2) is 4.79 Å². The molecule has 0 saturated carbocycles. The van der Waals surface area contributed by atoms with E-state index in [1.807, 2.05) is 6.92 Å². The van der Waals surface area contributed by atoms with Crippen molar-refractivity contribution in [2.45, 2.75) is 84.0 Å². The zero-order valence-electron chi connectivity index (χ0n) is 16.5. The van der Waals surface area contributed by atoms with Crippen LogP contribution in [0.15, 0.2) is 23.8 Å². The van der Waals surface area contributed by atoms with Gasteiger partial charge in [-0.05, 0) is 78.5 Å². The fourth-order valence-electron chi connectivity index (χ4n) is 4.44. The van der Waals surface area contributed by atoms with Crippen LogP contribution in [-0.2, 0) is 20.4 Å². The van der Waals surface area contributed by atoms with E-state index in [1.165, 1.54) is 35.1 Å². The molecule has 3 rings (SSSR count). The molecule has 0 fully saturated rings. The fourth-order valence-corrected chi connectivity index (χ4v) is 4.44. The summed E-state index contributed by atoms with van der Waals surface area (Å²) in [6, 6.07) is 6.92. The molecule has 0 radical (unpaired) electrons. The van der Waals surface area contributed by atoms with Crippen molar-refractivity contribution < 1.29 is 9.53 Å². The Morgan fingerprint density at radius 3 is 2.32 bits per heavy atom. The maximum absolute atomic E-state index is 12.4. The van der Waals surface area contributed by atoms with Crippen LogP contribution < -0.4 is 0 Å². The summed E-state index contributed by atoms with van der Waals surface area (Å²) in [5.74, 6) is -0.116. The summed E-state index contributed by atoms with van der Waals surface area (Å²) in [7, 11) is 0. The van der Waals surface area contributed by atoms with E-state index in [0.29, 0.717) is 6.61 Å². The van der Waals surface area contributed by atoms with Gasteiger partial charge in [0.25, 0.3) is 0 Å². The van der Waals surface area contributed by atoms with Crippen molar-refractivity contribution in [3.63, 3.8) is 0 Å². The third-order valence-corrected chi connectivity index (χ3v) is 6.19. The number of carbonyl (C=O) groups is 1. The summed E-state index contributed by atoms with van der Waals surface area (Å²) in [6.07, 6.45) is 6.51. The Kier molecular flexibility index (Phi) is 4.83. The Labute approximate surface area is 152 Å². The number of ether oxygens (including phenoxy) is 1. The summed E-state index contributed by atoms with van der Waals surface area (Å²) in [4.78, 5) is 12.4. The summed E-state index contributed by atoms with van der Waals surface area (Å²) in [5.41, 5.74) is 6.71. The highest BCUT2D eigenvalue weighted by atomic mass is 16.5. The second-order valence-corrected chi connectivity index (χ2v) is 8.91. The van der Waals surface area contributed by atoms with E-state index < -0.39 is 0 Å². The molecular formula is C23H32O2. The van der Waals surface area contributed by atoms with Crippen molar-refractivity contribution in [3.05, 3.63) is 40.5 Å². The fraction of sp³-hybridized carbons (Fsp3) is 0.609. The van der Waals surface area contributed by atoms with E-state index >= 15 is 0 Å². The first-order valence-electron chi connectivity index (χ1n) is 9.81. The van der Waals surface area contributed by atoms with Gasteiger partial charge in [-0.1, -0.05) is 45.9 Å². The Balaban J connectivity index is 2.10. The lowest BCUT2D eigenvalue weighted by molar-refractivity contribution is -0.138. The van der Waals surface area contributed by atoms with Gasteiger partial charge < -0.3 is 4.74 Å². The van der Waals surface area contributed by atoms with Crippen molar-refractivity contribution in [2.24, 2.45) is 0 Å². The maximum Gasteiger partial charge on any atom is 0.334 e. The molecule has 0 saturated heterocycles. The molecule has 0 spiro atoms. The standard InChI is InChI=1S/C23H32O2/c1-6-25-21(24)18-10-8-7-9-17(18)16-11-12-19-20(15-16)23(4,5)14-13-22(19,2)3/h11-12,15H,6-10,13-14H2,1-5H3. The SMILES string of the molecule is CCOC(=O)C1=C(c2ccc3c(c2)C(C)(C)CCC3(C)C)CCCC1. The number of carbonyl (C=O) groups excluding carboxylic acids is 1. The quantitative estimate of drug-likeness (QED) is 0.638. The second kappa shape index (κ2) is 6.63. The third-order valence-electron chi connectivity index (χ3n) is 6.19. The molecule has 0 atom stereocenters. The predicted molar refractivity (Wildman–Crippen MR) is 104 cm³/mol. The molecule has 0 aliphatic heterocycles. The summed E-state index contributed by atoms with van der Waals surface area (Å²) in [5, 5.41) is 0. The lowest BCUT2D eigenvalue weighted by Gasteiger charge is -2.42. The Hall–Kier alpha value is -1.57. The van der Waals surface area contributed by atoms with Gasteiger partial charge in [0, 0.05) is 5.57 Å². The second-order valence-electron chi connectivity index (χ2n) is 8.91. The number of fused-ring (bicyclic) bond motifs is 1. The van der Waals surface area contributed by atoms with Gasteiger partial charge in [-0.3, -0.25) is 0 Å². The molecule has 1 aromatic rings. The van der Waals surface area contributed by atoms with Crippen LogP contribution in [0, 0.1) is 0 Å². The average molecular weight is 341 g/mol. The van der Waals surface area contributed by atoms with Crippen LogP contribution in [0.25, 0.3) is 5.57 Å². The highest BCUT2D eigenvalue weighted by Gasteiger charge is 2.37. The first kappa shape index (κ1) is 18.2. The van der Waals surface area contributed by atoms with Gasteiger partial charge in [-0.2, -0.15) is 0 Å². The number of hydrogen-bond acceptors (Lipinski definition) is 2. The van der Waals surface area contributed by atoms with E-state index in [0.717, 1.165) is 31.3 Å². The molecule has 2 nitrogen and oxygen atoms in total. The van der Waals surface area contributed by atoms with E-state index in [-0.39, 0.29) is 16.8 Å². The minimum atomic E-state index is -0.116. The molecule has 2 aliphatic rings. The van der Waals surface area contributed by atoms with Crippen molar-refractivity contribution in [1.29, 1.82) is 0 Å². The Morgan fingerprint density at radius 2 is 1.64 bits per heavy atom. The number of rotatable bonds is 3. The highest BCUT2D eigenvalue weighted by molar-refractivity contribution is 5.98. The minimum Gasteiger partial charge on any atom is -0.463 e. The number of allylic oxidation sites excluding steroid dienone is 1. The molecule has 0 heterocycles. The molecule has 2 heteroatoms. The van der Waals surface area contributed by atoms with E-state index in [4.69, 9.17) is 4.74 Å². The van der Waals surface area contributed by atoms with Crippen molar-refractivity contribution in [2.75, 3.05) is 6.61 Å². The first-order chi connectivity index (χ1) is 11.8. The van der Waals surface area contributed by atoms with Gasteiger partial charge in [0.05, 0.1) is 6.61 Å². The van der Waals surface area contributed by atoms with Crippen LogP contribution >= 0.6 is 0 Å². The van der Waals surface area contributed by atoms with E-state index in [2.05, 4.69) is 45.9 Å². The predicted octanol–water partition coefficient (Wildman–Crippen LogP) is 5.93. The lowest BCUT2D eigenvalue weighted by Crippen LogP contribution is -2.33. The normalized spacial score (nSPS) is 21.6. The van der Waals surface area contributed by atoms with Crippen molar-refractivity contribution >= 4 is 11.5 Å². The van der Waals surface area contributed by atoms with Gasteiger partial charge in [-0.15, -0.1) is 0 Å². The van der Waals surface area contributed by atoms with Gasteiger partial charge in [0.2, 0.25) is 0 Å². The molecule has 0 unspecified atom stereocenters. The van der Waals surface area contributed by atoms with Gasteiger partial charge in [0.15, 0.2) is 0 Å². The molecule has 25 heavy (non-hydrogen) atoms. The zero-order valence-corrected chi connectivity index (χ0v) is 16.5. The van der Waals surface area contributed by atoms with Crippen LogP contribution in [0.1, 0.15) is 89.8 Å². The topological polar surface area (TPSA) is 26.3 Å². The molecule has 0 amide bonds. The minimum absolute atomic E-state index is 0.116. The smallest absolute Gasteiger partial charge is 0.334 e. The highest BCUT2D eigenvalue weighted by Crippen LogP contribution is 2.47. The van der Waals surface area contributed by atoms with Crippen LogP contribution in [0.4, 0.5) is 0 Å². The van der Waals surface area contributed by atoms with Crippen LogP contribution in [0.5, 0.6) is 0 Å². The lowest BCUT2D eigenvalue weighted by atomic mass is 9.62. The first-order valence-corrected chi connectivity index (χ1v) is 9.81. The molecular weight excluding hydrogens is 308 g/mol.